The zero-order valence-electron chi connectivity index (χ0n) is 6.21. The lowest BCUT2D eigenvalue weighted by Crippen LogP contribution is -2.37. The van der Waals surface area contributed by atoms with Crippen molar-refractivity contribution in [2.24, 2.45) is 10.9 Å². The lowest BCUT2D eigenvalue weighted by molar-refractivity contribution is -0.122. The van der Waals surface area contributed by atoms with Crippen LogP contribution in [0.5, 0.6) is 0 Å². The van der Waals surface area contributed by atoms with E-state index < -0.39 is 0 Å². The summed E-state index contributed by atoms with van der Waals surface area (Å²) in [5, 5.41) is 2.68. The molecule has 0 aliphatic carbocycles. The highest BCUT2D eigenvalue weighted by Gasteiger charge is 2.26. The van der Waals surface area contributed by atoms with E-state index in [1.54, 1.807) is 6.20 Å². The van der Waals surface area contributed by atoms with E-state index in [9.17, 15) is 4.79 Å². The molecule has 2 aliphatic heterocycles. The predicted octanol–water partition coefficient (Wildman–Crippen LogP) is 0.481. The Morgan fingerprint density at radius 3 is 3.36 bits per heavy atom. The second kappa shape index (κ2) is 2.49. The molecule has 0 bridgehead atoms. The molecule has 2 heterocycles. The number of fused-ring (bicyclic) bond motifs is 1. The number of rotatable bonds is 0. The van der Waals surface area contributed by atoms with Crippen molar-refractivity contribution in [1.82, 2.24) is 5.32 Å². The van der Waals surface area contributed by atoms with Gasteiger partial charge in [0.1, 0.15) is 0 Å². The van der Waals surface area contributed by atoms with E-state index in [1.807, 2.05) is 6.08 Å². The van der Waals surface area contributed by atoms with Gasteiger partial charge in [0, 0.05) is 18.5 Å². The first-order valence-corrected chi connectivity index (χ1v) is 3.89. The standard InChI is InChI=1S/C8H10N2O/c11-8-6-2-1-4-9-7(6)3-5-10-8/h3,5-6H,1-2,4H2,(H,10,11). The van der Waals surface area contributed by atoms with Crippen LogP contribution in [0.2, 0.25) is 0 Å². The number of nitrogens with zero attached hydrogens (tertiary/aromatic N) is 1. The molecule has 0 fully saturated rings. The van der Waals surface area contributed by atoms with Gasteiger partial charge in [-0.2, -0.15) is 0 Å². The number of nitrogens with one attached hydrogen (secondary N) is 1. The number of amides is 1. The summed E-state index contributed by atoms with van der Waals surface area (Å²) in [5.41, 5.74) is 0.958. The van der Waals surface area contributed by atoms with Crippen LogP contribution in [-0.2, 0) is 4.79 Å². The molecule has 3 heteroatoms. The minimum atomic E-state index is 0.0359. The monoisotopic (exact) mass is 150 g/mol. The lowest BCUT2D eigenvalue weighted by Gasteiger charge is -2.22. The third-order valence-electron chi connectivity index (χ3n) is 2.10. The van der Waals surface area contributed by atoms with Gasteiger partial charge in [0.2, 0.25) is 5.91 Å². The Hall–Kier alpha value is -1.12. The molecule has 2 rings (SSSR count). The van der Waals surface area contributed by atoms with E-state index in [1.165, 1.54) is 0 Å². The van der Waals surface area contributed by atoms with Gasteiger partial charge in [-0.1, -0.05) is 0 Å². The molecule has 0 aromatic rings. The van der Waals surface area contributed by atoms with E-state index >= 15 is 0 Å². The van der Waals surface area contributed by atoms with Gasteiger partial charge in [-0.15, -0.1) is 0 Å². The lowest BCUT2D eigenvalue weighted by atomic mass is 9.92. The summed E-state index contributed by atoms with van der Waals surface area (Å²) in [6.45, 7) is 0.878. The minimum absolute atomic E-state index is 0.0359. The van der Waals surface area contributed by atoms with Crippen molar-refractivity contribution in [3.63, 3.8) is 0 Å². The van der Waals surface area contributed by atoms with Crippen LogP contribution in [0.1, 0.15) is 12.8 Å². The van der Waals surface area contributed by atoms with Crippen LogP contribution in [0.4, 0.5) is 0 Å². The van der Waals surface area contributed by atoms with Crippen LogP contribution in [0, 0.1) is 5.92 Å². The number of allylic oxidation sites excluding steroid dienone is 1. The van der Waals surface area contributed by atoms with Crippen molar-refractivity contribution >= 4 is 11.6 Å². The fraction of sp³-hybridized carbons (Fsp3) is 0.500. The molecule has 1 unspecified atom stereocenters. The summed E-state index contributed by atoms with van der Waals surface area (Å²) in [7, 11) is 0. The van der Waals surface area contributed by atoms with Crippen molar-refractivity contribution < 1.29 is 4.79 Å². The normalized spacial score (nSPS) is 28.9. The quantitative estimate of drug-likeness (QED) is 0.536. The molecule has 1 amide bonds. The maximum atomic E-state index is 11.2. The fourth-order valence-electron chi connectivity index (χ4n) is 1.51. The molecule has 11 heavy (non-hydrogen) atoms. The minimum Gasteiger partial charge on any atom is -0.332 e. The van der Waals surface area contributed by atoms with Crippen molar-refractivity contribution in [1.29, 1.82) is 0 Å². The van der Waals surface area contributed by atoms with Gasteiger partial charge in [0.05, 0.1) is 5.92 Å². The van der Waals surface area contributed by atoms with Crippen LogP contribution in [-0.4, -0.2) is 18.2 Å². The second-order valence-corrected chi connectivity index (χ2v) is 2.84. The smallest absolute Gasteiger partial charge is 0.233 e. The van der Waals surface area contributed by atoms with E-state index in [2.05, 4.69) is 10.3 Å². The third kappa shape index (κ3) is 1.06. The average Bonchev–Trinajstić information content (AvgIpc) is 2.06. The number of hydrogen-bond acceptors (Lipinski definition) is 2. The number of carbonyl (C=O) groups excluding carboxylic acids is 1. The Balaban J connectivity index is 2.31. The third-order valence-corrected chi connectivity index (χ3v) is 2.10. The maximum absolute atomic E-state index is 11.2. The van der Waals surface area contributed by atoms with Gasteiger partial charge >= 0.3 is 0 Å². The maximum Gasteiger partial charge on any atom is 0.233 e. The zero-order valence-corrected chi connectivity index (χ0v) is 6.21. The van der Waals surface area contributed by atoms with Crippen molar-refractivity contribution in [2.45, 2.75) is 12.8 Å². The summed E-state index contributed by atoms with van der Waals surface area (Å²) in [6.07, 6.45) is 5.55. The molecule has 0 saturated carbocycles. The molecule has 1 N–H and O–H groups in total. The first-order valence-electron chi connectivity index (χ1n) is 3.89. The Bertz CT molecular complexity index is 242. The summed E-state index contributed by atoms with van der Waals surface area (Å²) >= 11 is 0. The first-order chi connectivity index (χ1) is 5.38. The Labute approximate surface area is 65.2 Å². The molecular weight excluding hydrogens is 140 g/mol. The SMILES string of the molecule is O=C1NC=CC2=NCCCC12. The van der Waals surface area contributed by atoms with E-state index in [0.717, 1.165) is 25.1 Å². The molecule has 0 radical (unpaired) electrons. The van der Waals surface area contributed by atoms with E-state index in [-0.39, 0.29) is 11.8 Å². The Kier molecular flexibility index (Phi) is 1.49. The van der Waals surface area contributed by atoms with Gasteiger partial charge in [-0.25, -0.2) is 0 Å². The predicted molar refractivity (Wildman–Crippen MR) is 42.3 cm³/mol. The van der Waals surface area contributed by atoms with Gasteiger partial charge in [-0.05, 0) is 18.9 Å². The van der Waals surface area contributed by atoms with Gasteiger partial charge in [-0.3, -0.25) is 9.79 Å². The molecular formula is C8H10N2O. The molecule has 2 aliphatic rings. The van der Waals surface area contributed by atoms with Crippen LogP contribution >= 0.6 is 0 Å². The number of aliphatic imine (C=N–C) groups is 1. The molecule has 1 atom stereocenters. The van der Waals surface area contributed by atoms with Crippen molar-refractivity contribution in [3.05, 3.63) is 12.3 Å². The highest BCUT2D eigenvalue weighted by Crippen LogP contribution is 2.17. The average molecular weight is 150 g/mol. The first kappa shape index (κ1) is 6.58. The van der Waals surface area contributed by atoms with Crippen LogP contribution in [0.15, 0.2) is 17.3 Å². The zero-order chi connectivity index (χ0) is 7.68. The summed E-state index contributed by atoms with van der Waals surface area (Å²) in [5.74, 6) is 0.139. The molecule has 58 valence electrons. The number of hydrogen-bond donors (Lipinski definition) is 1. The fourth-order valence-corrected chi connectivity index (χ4v) is 1.51. The topological polar surface area (TPSA) is 41.5 Å². The van der Waals surface area contributed by atoms with Crippen LogP contribution in [0.25, 0.3) is 0 Å². The van der Waals surface area contributed by atoms with Gasteiger partial charge in [0.25, 0.3) is 0 Å². The molecule has 0 saturated heterocycles. The van der Waals surface area contributed by atoms with Gasteiger partial charge in [0.15, 0.2) is 0 Å². The summed E-state index contributed by atoms with van der Waals surface area (Å²) in [6, 6.07) is 0. The highest BCUT2D eigenvalue weighted by atomic mass is 16.1. The van der Waals surface area contributed by atoms with Crippen LogP contribution in [0.3, 0.4) is 0 Å². The summed E-state index contributed by atoms with van der Waals surface area (Å²) in [4.78, 5) is 15.5. The molecule has 0 aromatic heterocycles. The van der Waals surface area contributed by atoms with Gasteiger partial charge < -0.3 is 5.32 Å². The van der Waals surface area contributed by atoms with E-state index in [4.69, 9.17) is 0 Å². The van der Waals surface area contributed by atoms with E-state index in [0.29, 0.717) is 0 Å². The molecule has 3 nitrogen and oxygen atoms in total. The van der Waals surface area contributed by atoms with Crippen molar-refractivity contribution in [3.8, 4) is 0 Å². The van der Waals surface area contributed by atoms with Crippen LogP contribution < -0.4 is 5.32 Å². The second-order valence-electron chi connectivity index (χ2n) is 2.84. The molecule has 0 aromatic carbocycles. The Morgan fingerprint density at radius 2 is 2.55 bits per heavy atom. The number of carbonyl (C=O) groups is 1. The summed E-state index contributed by atoms with van der Waals surface area (Å²) < 4.78 is 0. The Morgan fingerprint density at radius 1 is 1.64 bits per heavy atom. The largest absolute Gasteiger partial charge is 0.332 e. The highest BCUT2D eigenvalue weighted by molar-refractivity contribution is 6.12. The molecule has 0 spiro atoms. The van der Waals surface area contributed by atoms with Crippen molar-refractivity contribution in [2.75, 3.05) is 6.54 Å².